The van der Waals surface area contributed by atoms with Crippen molar-refractivity contribution >= 4 is 28.9 Å². The van der Waals surface area contributed by atoms with Crippen LogP contribution in [-0.4, -0.2) is 61.7 Å². The molecule has 11 heteroatoms. The number of carbonyl (C=O) groups is 2. The highest BCUT2D eigenvalue weighted by molar-refractivity contribution is 5.96. The van der Waals surface area contributed by atoms with Crippen LogP contribution < -0.4 is 21.5 Å². The number of hydrogen-bond donors (Lipinski definition) is 2. The predicted molar refractivity (Wildman–Crippen MR) is 130 cm³/mol. The minimum atomic E-state index is -1.32. The summed E-state index contributed by atoms with van der Waals surface area (Å²) >= 11 is 0. The van der Waals surface area contributed by atoms with Gasteiger partial charge in [-0.1, -0.05) is 36.3 Å². The maximum atomic E-state index is 13.7. The Labute approximate surface area is 200 Å². The number of benzene rings is 1. The number of aliphatic carboxylic acids is 1. The molecule has 2 aromatic heterocycles. The van der Waals surface area contributed by atoms with Crippen LogP contribution in [0.2, 0.25) is 0 Å². The van der Waals surface area contributed by atoms with Crippen molar-refractivity contribution in [3.8, 4) is 11.8 Å². The number of nitrogens with zero attached hydrogens (tertiary/aromatic N) is 5. The largest absolute Gasteiger partial charge is 0.480 e. The monoisotopic (exact) mass is 478 g/mol. The fourth-order valence-electron chi connectivity index (χ4n) is 4.12. The summed E-state index contributed by atoms with van der Waals surface area (Å²) in [4.78, 5) is 58.4. The molecule has 1 atom stereocenters. The van der Waals surface area contributed by atoms with Crippen LogP contribution >= 0.6 is 0 Å². The SMILES string of the molecule is CC#CCn1c(N2CCNCC2)nc2c1c(=O)n(CC(=O)c1ccccc1)c(=O)n2C(C)C(=O)O. The van der Waals surface area contributed by atoms with E-state index in [9.17, 15) is 24.3 Å². The van der Waals surface area contributed by atoms with E-state index in [-0.39, 0.29) is 17.7 Å². The molecule has 0 spiro atoms. The van der Waals surface area contributed by atoms with Crippen LogP contribution in [0.25, 0.3) is 11.2 Å². The van der Waals surface area contributed by atoms with Gasteiger partial charge >= 0.3 is 11.7 Å². The molecule has 11 nitrogen and oxygen atoms in total. The van der Waals surface area contributed by atoms with Crippen molar-refractivity contribution in [2.75, 3.05) is 31.1 Å². The van der Waals surface area contributed by atoms with Gasteiger partial charge in [0.1, 0.15) is 6.04 Å². The average molecular weight is 479 g/mol. The van der Waals surface area contributed by atoms with E-state index in [0.29, 0.717) is 37.7 Å². The van der Waals surface area contributed by atoms with Crippen molar-refractivity contribution in [1.82, 2.24) is 24.0 Å². The Balaban J connectivity index is 2.00. The Morgan fingerprint density at radius 3 is 2.46 bits per heavy atom. The normalized spacial score (nSPS) is 14.4. The minimum Gasteiger partial charge on any atom is -0.480 e. The molecular weight excluding hydrogens is 452 g/mol. The molecule has 1 fully saturated rings. The fourth-order valence-corrected chi connectivity index (χ4v) is 4.12. The van der Waals surface area contributed by atoms with Crippen molar-refractivity contribution in [2.24, 2.45) is 0 Å². The lowest BCUT2D eigenvalue weighted by Gasteiger charge is -2.28. The van der Waals surface area contributed by atoms with Gasteiger partial charge in [-0.05, 0) is 13.8 Å². The number of rotatable bonds is 7. The van der Waals surface area contributed by atoms with Gasteiger partial charge in [-0.15, -0.1) is 5.92 Å². The molecule has 2 N–H and O–H groups in total. The highest BCUT2D eigenvalue weighted by Gasteiger charge is 2.29. The van der Waals surface area contributed by atoms with Crippen LogP contribution in [-0.2, 0) is 17.9 Å². The van der Waals surface area contributed by atoms with Crippen molar-refractivity contribution in [1.29, 1.82) is 0 Å². The molecule has 1 aliphatic rings. The fraction of sp³-hybridized carbons (Fsp3) is 0.375. The van der Waals surface area contributed by atoms with Gasteiger partial charge in [-0.2, -0.15) is 4.98 Å². The zero-order valence-electron chi connectivity index (χ0n) is 19.5. The first-order chi connectivity index (χ1) is 16.8. The van der Waals surface area contributed by atoms with Gasteiger partial charge in [0.2, 0.25) is 5.95 Å². The highest BCUT2D eigenvalue weighted by Crippen LogP contribution is 2.22. The van der Waals surface area contributed by atoms with Crippen LogP contribution in [0.15, 0.2) is 39.9 Å². The molecule has 182 valence electrons. The summed E-state index contributed by atoms with van der Waals surface area (Å²) in [5.41, 5.74) is -1.28. The van der Waals surface area contributed by atoms with E-state index in [4.69, 9.17) is 0 Å². The first-order valence-corrected chi connectivity index (χ1v) is 11.3. The summed E-state index contributed by atoms with van der Waals surface area (Å²) in [5.74, 6) is 4.46. The maximum absolute atomic E-state index is 13.7. The molecule has 1 unspecified atom stereocenters. The van der Waals surface area contributed by atoms with Gasteiger partial charge < -0.3 is 15.3 Å². The molecule has 4 rings (SSSR count). The summed E-state index contributed by atoms with van der Waals surface area (Å²) in [5, 5.41) is 13.0. The number of carbonyl (C=O) groups excluding carboxylic acids is 1. The number of carboxylic acid groups (broad SMARTS) is 1. The van der Waals surface area contributed by atoms with Crippen LogP contribution in [0.4, 0.5) is 5.95 Å². The number of anilines is 1. The van der Waals surface area contributed by atoms with Crippen LogP contribution in [0, 0.1) is 11.8 Å². The quantitative estimate of drug-likeness (QED) is 0.367. The minimum absolute atomic E-state index is 0.0369. The highest BCUT2D eigenvalue weighted by atomic mass is 16.4. The van der Waals surface area contributed by atoms with E-state index in [0.717, 1.165) is 9.13 Å². The Bertz CT molecular complexity index is 1450. The van der Waals surface area contributed by atoms with Gasteiger partial charge in [0.05, 0.1) is 13.1 Å². The van der Waals surface area contributed by atoms with E-state index in [1.54, 1.807) is 41.8 Å². The number of nitrogens with one attached hydrogen (secondary N) is 1. The molecule has 0 aliphatic carbocycles. The van der Waals surface area contributed by atoms with Crippen LogP contribution in [0.3, 0.4) is 0 Å². The van der Waals surface area contributed by atoms with E-state index in [1.165, 1.54) is 6.92 Å². The summed E-state index contributed by atoms with van der Waals surface area (Å²) in [6.07, 6.45) is 0. The number of Topliss-reactive ketones (excluding diaryl/α,β-unsaturated/α-hetero) is 1. The number of aromatic nitrogens is 4. The number of fused-ring (bicyclic) bond motifs is 1. The molecule has 0 saturated carbocycles. The smallest absolute Gasteiger partial charge is 0.333 e. The molecule has 1 aromatic carbocycles. The van der Waals surface area contributed by atoms with Crippen molar-refractivity contribution in [2.45, 2.75) is 33.0 Å². The van der Waals surface area contributed by atoms with E-state index >= 15 is 0 Å². The third-order valence-corrected chi connectivity index (χ3v) is 6.00. The number of imidazole rings is 1. The van der Waals surface area contributed by atoms with Crippen molar-refractivity contribution in [3.05, 3.63) is 56.7 Å². The number of ketones is 1. The van der Waals surface area contributed by atoms with Crippen molar-refractivity contribution in [3.63, 3.8) is 0 Å². The second-order valence-electron chi connectivity index (χ2n) is 8.18. The molecule has 0 radical (unpaired) electrons. The molecular formula is C24H26N6O5. The molecule has 35 heavy (non-hydrogen) atoms. The third kappa shape index (κ3) is 4.48. The number of hydrogen-bond acceptors (Lipinski definition) is 7. The molecule has 3 heterocycles. The topological polar surface area (TPSA) is 131 Å². The summed E-state index contributed by atoms with van der Waals surface area (Å²) in [7, 11) is 0. The van der Waals surface area contributed by atoms with Gasteiger partial charge in [-0.25, -0.2) is 9.59 Å². The standard InChI is InChI=1S/C24H26N6O5/c1-3-4-12-28-19-20(26-23(28)27-13-10-25-11-14-27)30(16(2)22(33)34)24(35)29(21(19)32)15-18(31)17-8-6-5-7-9-17/h5-9,16,25H,10-15H2,1-2H3,(H,33,34). The average Bonchev–Trinajstić information content (AvgIpc) is 3.25. The summed E-state index contributed by atoms with van der Waals surface area (Å²) in [6.45, 7) is 5.23. The third-order valence-electron chi connectivity index (χ3n) is 6.00. The summed E-state index contributed by atoms with van der Waals surface area (Å²) < 4.78 is 3.36. The Morgan fingerprint density at radius 2 is 1.83 bits per heavy atom. The number of carboxylic acids is 1. The lowest BCUT2D eigenvalue weighted by molar-refractivity contribution is -0.140. The zero-order valence-corrected chi connectivity index (χ0v) is 19.5. The van der Waals surface area contributed by atoms with Crippen LogP contribution in [0.5, 0.6) is 0 Å². The Morgan fingerprint density at radius 1 is 1.14 bits per heavy atom. The molecule has 0 bridgehead atoms. The molecule has 1 saturated heterocycles. The van der Waals surface area contributed by atoms with E-state index < -0.39 is 35.6 Å². The van der Waals surface area contributed by atoms with E-state index in [1.807, 2.05) is 4.90 Å². The zero-order chi connectivity index (χ0) is 25.1. The molecule has 0 amide bonds. The number of piperazine rings is 1. The summed E-state index contributed by atoms with van der Waals surface area (Å²) in [6, 6.07) is 6.98. The van der Waals surface area contributed by atoms with Gasteiger partial charge in [0, 0.05) is 31.7 Å². The van der Waals surface area contributed by atoms with E-state index in [2.05, 4.69) is 22.1 Å². The first-order valence-electron chi connectivity index (χ1n) is 11.3. The van der Waals surface area contributed by atoms with Gasteiger partial charge in [0.25, 0.3) is 5.56 Å². The Hall–Kier alpha value is -4.17. The first kappa shape index (κ1) is 24.0. The lowest BCUT2D eigenvalue weighted by atomic mass is 10.1. The lowest BCUT2D eigenvalue weighted by Crippen LogP contribution is -2.45. The van der Waals surface area contributed by atoms with Crippen molar-refractivity contribution < 1.29 is 14.7 Å². The second-order valence-corrected chi connectivity index (χ2v) is 8.18. The second kappa shape index (κ2) is 9.99. The van der Waals surface area contributed by atoms with Crippen LogP contribution in [0.1, 0.15) is 30.2 Å². The Kier molecular flexibility index (Phi) is 6.84. The van der Waals surface area contributed by atoms with Gasteiger partial charge in [-0.3, -0.25) is 23.3 Å². The predicted octanol–water partition coefficient (Wildman–Crippen LogP) is 0.321. The molecule has 3 aromatic rings. The molecule has 1 aliphatic heterocycles. The van der Waals surface area contributed by atoms with Gasteiger partial charge in [0.15, 0.2) is 16.9 Å². The maximum Gasteiger partial charge on any atom is 0.333 e.